The first kappa shape index (κ1) is 23.0. The van der Waals surface area contributed by atoms with E-state index >= 15 is 0 Å². The number of thioether (sulfide) groups is 2. The van der Waals surface area contributed by atoms with Crippen LogP contribution in [0.3, 0.4) is 0 Å². The third kappa shape index (κ3) is 8.38. The summed E-state index contributed by atoms with van der Waals surface area (Å²) in [7, 11) is 0. The van der Waals surface area contributed by atoms with E-state index in [-0.39, 0.29) is 0 Å². The summed E-state index contributed by atoms with van der Waals surface area (Å²) in [6, 6.07) is 0. The molecule has 2 fully saturated rings. The first-order chi connectivity index (χ1) is 12.7. The smallest absolute Gasteiger partial charge is 0.0531 e. The predicted molar refractivity (Wildman–Crippen MR) is 124 cm³/mol. The first-order valence-corrected chi connectivity index (χ1v) is 14.0. The SMILES string of the molecule is CCCCCCC[C@]1(C)CS[C@@H](C2CCC(CCCCCC)CC2)SC1. The Balaban J connectivity index is 1.58. The van der Waals surface area contributed by atoms with E-state index < -0.39 is 0 Å². The van der Waals surface area contributed by atoms with Gasteiger partial charge in [0.2, 0.25) is 0 Å². The molecule has 0 aromatic heterocycles. The average Bonchev–Trinajstić information content (AvgIpc) is 2.66. The van der Waals surface area contributed by atoms with Crippen molar-refractivity contribution in [3.63, 3.8) is 0 Å². The maximum atomic E-state index is 2.57. The minimum absolute atomic E-state index is 0.620. The van der Waals surface area contributed by atoms with Crippen LogP contribution in [0.25, 0.3) is 0 Å². The van der Waals surface area contributed by atoms with Crippen LogP contribution in [0.15, 0.2) is 0 Å². The van der Waals surface area contributed by atoms with Gasteiger partial charge < -0.3 is 0 Å². The summed E-state index contributed by atoms with van der Waals surface area (Å²) in [5.41, 5.74) is 0.620. The van der Waals surface area contributed by atoms with Crippen molar-refractivity contribution >= 4 is 23.5 Å². The van der Waals surface area contributed by atoms with Gasteiger partial charge >= 0.3 is 0 Å². The van der Waals surface area contributed by atoms with Crippen molar-refractivity contribution in [3.05, 3.63) is 0 Å². The summed E-state index contributed by atoms with van der Waals surface area (Å²) < 4.78 is 0.921. The van der Waals surface area contributed by atoms with Gasteiger partial charge in [-0.1, -0.05) is 97.8 Å². The van der Waals surface area contributed by atoms with E-state index in [0.29, 0.717) is 5.41 Å². The van der Waals surface area contributed by atoms with Crippen molar-refractivity contribution in [3.8, 4) is 0 Å². The van der Waals surface area contributed by atoms with Gasteiger partial charge in [0.25, 0.3) is 0 Å². The lowest BCUT2D eigenvalue weighted by Crippen LogP contribution is -2.33. The van der Waals surface area contributed by atoms with Crippen LogP contribution in [0.5, 0.6) is 0 Å². The lowest BCUT2D eigenvalue weighted by Gasteiger charge is -2.41. The van der Waals surface area contributed by atoms with Crippen LogP contribution in [0, 0.1) is 17.3 Å². The Morgan fingerprint density at radius 3 is 1.92 bits per heavy atom. The summed E-state index contributed by atoms with van der Waals surface area (Å²) in [5.74, 6) is 4.94. The molecule has 2 heteroatoms. The average molecular weight is 399 g/mol. The standard InChI is InChI=1S/C24H46S2/c1-4-6-8-10-12-18-24(3)19-25-23(26-20-24)22-16-14-21(15-17-22)13-11-9-7-5-2/h21-23H,4-20H2,1-3H3/t21?,22?,23-,24-. The van der Waals surface area contributed by atoms with Gasteiger partial charge in [0, 0.05) is 11.5 Å². The third-order valence-corrected chi connectivity index (χ3v) is 10.8. The van der Waals surface area contributed by atoms with Crippen LogP contribution in [0.4, 0.5) is 0 Å². The molecule has 1 aliphatic carbocycles. The van der Waals surface area contributed by atoms with Gasteiger partial charge in [-0.2, -0.15) is 0 Å². The normalized spacial score (nSPS) is 32.7. The molecular weight excluding hydrogens is 352 g/mol. The molecule has 0 bridgehead atoms. The molecule has 26 heavy (non-hydrogen) atoms. The highest BCUT2D eigenvalue weighted by atomic mass is 32.2. The summed E-state index contributed by atoms with van der Waals surface area (Å²) in [5, 5.41) is 0. The first-order valence-electron chi connectivity index (χ1n) is 11.9. The molecule has 1 saturated carbocycles. The largest absolute Gasteiger partial charge is 0.147 e. The van der Waals surface area contributed by atoms with Crippen molar-refractivity contribution < 1.29 is 0 Å². The zero-order valence-corrected chi connectivity index (χ0v) is 19.7. The molecule has 1 aliphatic heterocycles. The van der Waals surface area contributed by atoms with Gasteiger partial charge in [-0.3, -0.25) is 0 Å². The fourth-order valence-corrected chi connectivity index (χ4v) is 8.47. The fraction of sp³-hybridized carbons (Fsp3) is 1.00. The quantitative estimate of drug-likeness (QED) is 0.301. The fourth-order valence-electron chi connectivity index (χ4n) is 4.84. The lowest BCUT2D eigenvalue weighted by molar-refractivity contribution is 0.268. The molecule has 2 aliphatic rings. The van der Waals surface area contributed by atoms with Crippen LogP contribution >= 0.6 is 23.5 Å². The van der Waals surface area contributed by atoms with E-state index in [4.69, 9.17) is 0 Å². The molecule has 0 spiro atoms. The Morgan fingerprint density at radius 1 is 0.731 bits per heavy atom. The molecule has 0 N–H and O–H groups in total. The van der Waals surface area contributed by atoms with Crippen LogP contribution in [-0.4, -0.2) is 16.1 Å². The summed E-state index contributed by atoms with van der Waals surface area (Å²) in [6.07, 6.45) is 22.1. The Hall–Kier alpha value is 0.700. The zero-order chi connectivity index (χ0) is 18.7. The highest BCUT2D eigenvalue weighted by molar-refractivity contribution is 8.17. The Kier molecular flexibility index (Phi) is 11.5. The second kappa shape index (κ2) is 13.0. The topological polar surface area (TPSA) is 0 Å². The van der Waals surface area contributed by atoms with Crippen molar-refractivity contribution in [2.24, 2.45) is 17.3 Å². The van der Waals surface area contributed by atoms with E-state index in [1.807, 2.05) is 0 Å². The van der Waals surface area contributed by atoms with E-state index in [9.17, 15) is 0 Å². The summed E-state index contributed by atoms with van der Waals surface area (Å²) in [4.78, 5) is 0. The molecule has 0 nitrogen and oxygen atoms in total. The molecule has 0 radical (unpaired) electrons. The van der Waals surface area contributed by atoms with E-state index in [1.54, 1.807) is 0 Å². The van der Waals surface area contributed by atoms with Crippen LogP contribution in [0.1, 0.15) is 117 Å². The number of unbranched alkanes of at least 4 members (excludes halogenated alkanes) is 7. The van der Waals surface area contributed by atoms with Gasteiger partial charge in [0.1, 0.15) is 0 Å². The van der Waals surface area contributed by atoms with Gasteiger partial charge in [-0.05, 0) is 36.5 Å². The molecule has 2 rings (SSSR count). The van der Waals surface area contributed by atoms with E-state index in [2.05, 4.69) is 44.3 Å². The molecule has 1 saturated heterocycles. The van der Waals surface area contributed by atoms with Crippen molar-refractivity contribution in [2.75, 3.05) is 11.5 Å². The predicted octanol–water partition coefficient (Wildman–Crippen LogP) is 8.94. The number of rotatable bonds is 12. The minimum atomic E-state index is 0.620. The van der Waals surface area contributed by atoms with Crippen molar-refractivity contribution in [1.29, 1.82) is 0 Å². The minimum Gasteiger partial charge on any atom is -0.147 e. The van der Waals surface area contributed by atoms with Crippen molar-refractivity contribution in [2.45, 2.75) is 122 Å². The van der Waals surface area contributed by atoms with Gasteiger partial charge in [0.15, 0.2) is 0 Å². The monoisotopic (exact) mass is 398 g/mol. The number of hydrogen-bond donors (Lipinski definition) is 0. The van der Waals surface area contributed by atoms with Crippen LogP contribution in [0.2, 0.25) is 0 Å². The van der Waals surface area contributed by atoms with Crippen LogP contribution < -0.4 is 0 Å². The van der Waals surface area contributed by atoms with Gasteiger partial charge in [0.05, 0.1) is 4.58 Å². The Morgan fingerprint density at radius 2 is 1.31 bits per heavy atom. The van der Waals surface area contributed by atoms with Gasteiger partial charge in [-0.15, -0.1) is 23.5 Å². The second-order valence-corrected chi connectivity index (χ2v) is 12.2. The van der Waals surface area contributed by atoms with Crippen LogP contribution in [-0.2, 0) is 0 Å². The molecular formula is C24H46S2. The Labute approximate surface area is 173 Å². The van der Waals surface area contributed by atoms with E-state index in [1.165, 1.54) is 108 Å². The summed E-state index contributed by atoms with van der Waals surface area (Å²) in [6.45, 7) is 7.20. The molecule has 0 amide bonds. The van der Waals surface area contributed by atoms with Gasteiger partial charge in [-0.25, -0.2) is 0 Å². The molecule has 0 unspecified atom stereocenters. The van der Waals surface area contributed by atoms with Crippen molar-refractivity contribution in [1.82, 2.24) is 0 Å². The third-order valence-electron chi connectivity index (χ3n) is 6.82. The maximum Gasteiger partial charge on any atom is 0.0531 e. The highest BCUT2D eigenvalue weighted by Crippen LogP contribution is 2.49. The molecule has 1 heterocycles. The second-order valence-electron chi connectivity index (χ2n) is 9.60. The maximum absolute atomic E-state index is 2.57. The highest BCUT2D eigenvalue weighted by Gasteiger charge is 2.36. The molecule has 0 atom stereocenters. The van der Waals surface area contributed by atoms with E-state index in [0.717, 1.165) is 16.4 Å². The molecule has 0 aromatic carbocycles. The molecule has 0 aromatic rings. The number of hydrogen-bond acceptors (Lipinski definition) is 2. The lowest BCUT2D eigenvalue weighted by atomic mass is 9.80. The Bertz CT molecular complexity index is 338. The zero-order valence-electron chi connectivity index (χ0n) is 18.1. The summed E-state index contributed by atoms with van der Waals surface area (Å²) >= 11 is 4.67. The molecule has 154 valence electrons.